The van der Waals surface area contributed by atoms with Gasteiger partial charge in [-0.3, -0.25) is 4.90 Å². The van der Waals surface area contributed by atoms with Crippen molar-refractivity contribution in [3.05, 3.63) is 0 Å². The molecule has 0 bridgehead atoms. The average Bonchev–Trinajstić information content (AvgIpc) is 2.42. The fourth-order valence-corrected chi connectivity index (χ4v) is 2.73. The molecule has 8 nitrogen and oxygen atoms in total. The number of carboxylic acid groups (broad SMARTS) is 1. The summed E-state index contributed by atoms with van der Waals surface area (Å²) in [5, 5.41) is 17.5. The molecule has 2 heterocycles. The molecule has 0 saturated carbocycles. The summed E-state index contributed by atoms with van der Waals surface area (Å²) >= 11 is 0. The van der Waals surface area contributed by atoms with Crippen molar-refractivity contribution in [2.45, 2.75) is 12.5 Å². The van der Waals surface area contributed by atoms with Crippen molar-refractivity contribution < 1.29 is 24.5 Å². The molecule has 21 heavy (non-hydrogen) atoms. The summed E-state index contributed by atoms with van der Waals surface area (Å²) in [6.45, 7) is 5.97. The Hall–Kier alpha value is -1.38. The number of likely N-dealkylation sites (tertiary alicyclic amines) is 1. The summed E-state index contributed by atoms with van der Waals surface area (Å²) in [7, 11) is 0. The third kappa shape index (κ3) is 4.05. The lowest BCUT2D eigenvalue weighted by atomic mass is 9.97. The first-order valence-corrected chi connectivity index (χ1v) is 7.16. The highest BCUT2D eigenvalue weighted by molar-refractivity contribution is 5.76. The number of piperazine rings is 1. The van der Waals surface area contributed by atoms with Gasteiger partial charge in [0, 0.05) is 32.7 Å². The number of hydrogen-bond donors (Lipinski definition) is 2. The molecule has 2 rings (SSSR count). The van der Waals surface area contributed by atoms with Crippen molar-refractivity contribution in [2.75, 3.05) is 59.0 Å². The second kappa shape index (κ2) is 6.59. The van der Waals surface area contributed by atoms with Crippen LogP contribution in [-0.2, 0) is 9.53 Å². The molecule has 120 valence electrons. The molecule has 0 aromatic heterocycles. The molecule has 0 unspecified atom stereocenters. The van der Waals surface area contributed by atoms with Gasteiger partial charge in [-0.25, -0.2) is 9.59 Å². The molecular formula is C13H23N3O5. The molecule has 0 radical (unpaired) electrons. The lowest BCUT2D eigenvalue weighted by molar-refractivity contribution is -0.160. The van der Waals surface area contributed by atoms with Crippen LogP contribution in [0.1, 0.15) is 6.92 Å². The summed E-state index contributed by atoms with van der Waals surface area (Å²) in [5.41, 5.74) is -0.549. The number of carbonyl (C=O) groups is 2. The molecule has 0 aliphatic carbocycles. The highest BCUT2D eigenvalue weighted by Gasteiger charge is 2.44. The van der Waals surface area contributed by atoms with Crippen LogP contribution < -0.4 is 0 Å². The molecule has 2 aliphatic heterocycles. The van der Waals surface area contributed by atoms with Gasteiger partial charge in [0.1, 0.15) is 12.2 Å². The number of ether oxygens (including phenoxy) is 1. The molecule has 2 N–H and O–H groups in total. The van der Waals surface area contributed by atoms with Crippen LogP contribution in [0.25, 0.3) is 0 Å². The first-order chi connectivity index (χ1) is 9.93. The Kier molecular flexibility index (Phi) is 5.02. The normalized spacial score (nSPS) is 22.0. The number of nitrogens with zero attached hydrogens (tertiary/aromatic N) is 3. The summed E-state index contributed by atoms with van der Waals surface area (Å²) in [6.07, 6.45) is 0. The van der Waals surface area contributed by atoms with Crippen molar-refractivity contribution in [1.29, 1.82) is 0 Å². The molecule has 0 aromatic rings. The number of hydrogen-bond acceptors (Lipinski definition) is 5. The summed E-state index contributed by atoms with van der Waals surface area (Å²) in [4.78, 5) is 28.4. The van der Waals surface area contributed by atoms with Crippen molar-refractivity contribution in [2.24, 2.45) is 0 Å². The van der Waals surface area contributed by atoms with Crippen molar-refractivity contribution in [1.82, 2.24) is 14.7 Å². The molecule has 0 atom stereocenters. The van der Waals surface area contributed by atoms with Crippen LogP contribution in [0, 0.1) is 0 Å². The van der Waals surface area contributed by atoms with E-state index in [1.54, 1.807) is 9.80 Å². The zero-order valence-corrected chi connectivity index (χ0v) is 12.3. The van der Waals surface area contributed by atoms with Gasteiger partial charge < -0.3 is 24.7 Å². The Labute approximate surface area is 123 Å². The van der Waals surface area contributed by atoms with E-state index in [4.69, 9.17) is 14.9 Å². The predicted octanol–water partition coefficient (Wildman–Crippen LogP) is -1.11. The summed E-state index contributed by atoms with van der Waals surface area (Å²) in [6, 6.07) is -0.0185. The Morgan fingerprint density at radius 2 is 1.76 bits per heavy atom. The maximum Gasteiger partial charge on any atom is 0.329 e. The van der Waals surface area contributed by atoms with E-state index < -0.39 is 11.6 Å². The number of aliphatic carboxylic acids is 1. The molecule has 0 spiro atoms. The van der Waals surface area contributed by atoms with Crippen LogP contribution in [0.5, 0.6) is 0 Å². The van der Waals surface area contributed by atoms with E-state index in [1.165, 1.54) is 0 Å². The van der Waals surface area contributed by atoms with Gasteiger partial charge in [0.25, 0.3) is 0 Å². The van der Waals surface area contributed by atoms with Crippen LogP contribution >= 0.6 is 0 Å². The number of carbonyl (C=O) groups excluding carboxylic acids is 1. The maximum absolute atomic E-state index is 12.3. The van der Waals surface area contributed by atoms with Crippen LogP contribution in [0.15, 0.2) is 0 Å². The van der Waals surface area contributed by atoms with Gasteiger partial charge >= 0.3 is 12.0 Å². The van der Waals surface area contributed by atoms with Crippen molar-refractivity contribution in [3.8, 4) is 0 Å². The SMILES string of the molecule is CC1(OCC(=O)O)CN(C(=O)N2CCN(CCO)CC2)C1. The molecule has 2 amide bonds. The lowest BCUT2D eigenvalue weighted by Crippen LogP contribution is -2.66. The van der Waals surface area contributed by atoms with E-state index in [1.807, 2.05) is 6.92 Å². The van der Waals surface area contributed by atoms with Gasteiger partial charge in [-0.1, -0.05) is 0 Å². The topological polar surface area (TPSA) is 93.5 Å². The van der Waals surface area contributed by atoms with E-state index in [9.17, 15) is 9.59 Å². The number of rotatable bonds is 5. The van der Waals surface area contributed by atoms with Gasteiger partial charge in [-0.05, 0) is 6.92 Å². The van der Waals surface area contributed by atoms with Gasteiger partial charge in [0.05, 0.1) is 19.7 Å². The van der Waals surface area contributed by atoms with Gasteiger partial charge in [-0.2, -0.15) is 0 Å². The number of aliphatic hydroxyl groups excluding tert-OH is 1. The second-order valence-corrected chi connectivity index (χ2v) is 5.82. The molecule has 0 aromatic carbocycles. The molecule has 2 aliphatic rings. The zero-order valence-electron chi connectivity index (χ0n) is 12.3. The largest absolute Gasteiger partial charge is 0.480 e. The zero-order chi connectivity index (χ0) is 15.5. The minimum Gasteiger partial charge on any atom is -0.480 e. The smallest absolute Gasteiger partial charge is 0.329 e. The Bertz CT molecular complexity index is 389. The quantitative estimate of drug-likeness (QED) is 0.669. The number of β-amino-alcohol motifs (C(OH)–C–C–N with tert-alkyl or cyclic N) is 1. The lowest BCUT2D eigenvalue weighted by Gasteiger charge is -2.49. The Balaban J connectivity index is 1.73. The maximum atomic E-state index is 12.3. The van der Waals surface area contributed by atoms with Crippen LogP contribution in [0.3, 0.4) is 0 Å². The van der Waals surface area contributed by atoms with E-state index >= 15 is 0 Å². The average molecular weight is 301 g/mol. The van der Waals surface area contributed by atoms with E-state index in [-0.39, 0.29) is 19.2 Å². The first kappa shape index (κ1) is 16.0. The molecule has 2 saturated heterocycles. The van der Waals surface area contributed by atoms with Gasteiger partial charge in [0.2, 0.25) is 0 Å². The highest BCUT2D eigenvalue weighted by atomic mass is 16.5. The third-order valence-electron chi connectivity index (χ3n) is 3.92. The third-order valence-corrected chi connectivity index (χ3v) is 3.92. The van der Waals surface area contributed by atoms with Gasteiger partial charge in [-0.15, -0.1) is 0 Å². The molecule has 8 heteroatoms. The summed E-state index contributed by atoms with van der Waals surface area (Å²) in [5.74, 6) is -0.999. The minimum absolute atomic E-state index is 0.0185. The first-order valence-electron chi connectivity index (χ1n) is 7.16. The number of amides is 2. The summed E-state index contributed by atoms with van der Waals surface area (Å²) < 4.78 is 5.30. The van der Waals surface area contributed by atoms with E-state index in [0.717, 1.165) is 13.1 Å². The van der Waals surface area contributed by atoms with E-state index in [2.05, 4.69) is 4.90 Å². The Morgan fingerprint density at radius 1 is 1.14 bits per heavy atom. The standard InChI is InChI=1S/C13H23N3O5/c1-13(21-8-11(18)19)9-16(10-13)12(20)15-4-2-14(3-5-15)6-7-17/h17H,2-10H2,1H3,(H,18,19). The fraction of sp³-hybridized carbons (Fsp3) is 0.846. The van der Waals surface area contributed by atoms with Crippen LogP contribution in [-0.4, -0.2) is 102 Å². The Morgan fingerprint density at radius 3 is 2.29 bits per heavy atom. The molecular weight excluding hydrogens is 278 g/mol. The van der Waals surface area contributed by atoms with Crippen LogP contribution in [0.2, 0.25) is 0 Å². The van der Waals surface area contributed by atoms with Gasteiger partial charge in [0.15, 0.2) is 0 Å². The number of carboxylic acids is 1. The second-order valence-electron chi connectivity index (χ2n) is 5.82. The predicted molar refractivity (Wildman–Crippen MR) is 74.1 cm³/mol. The van der Waals surface area contributed by atoms with Crippen LogP contribution in [0.4, 0.5) is 4.79 Å². The number of aliphatic hydroxyl groups is 1. The van der Waals surface area contributed by atoms with Crippen molar-refractivity contribution >= 4 is 12.0 Å². The fourth-order valence-electron chi connectivity index (χ4n) is 2.73. The highest BCUT2D eigenvalue weighted by Crippen LogP contribution is 2.26. The van der Waals surface area contributed by atoms with E-state index in [0.29, 0.717) is 32.7 Å². The van der Waals surface area contributed by atoms with Crippen molar-refractivity contribution in [3.63, 3.8) is 0 Å². The monoisotopic (exact) mass is 301 g/mol. The molecule has 2 fully saturated rings. The number of urea groups is 1. The minimum atomic E-state index is -0.999.